The predicted octanol–water partition coefficient (Wildman–Crippen LogP) is 5.88. The van der Waals surface area contributed by atoms with Crippen LogP contribution in [0.5, 0.6) is 0 Å². The van der Waals surface area contributed by atoms with E-state index < -0.39 is 86.8 Å². The lowest BCUT2D eigenvalue weighted by Crippen LogP contribution is -2.65. The van der Waals surface area contributed by atoms with E-state index >= 15 is 0 Å². The molecule has 12 unspecified atom stereocenters. The number of unbranched alkanes of at least 4 members (excludes halogenated alkanes) is 15. The van der Waals surface area contributed by atoms with Crippen molar-refractivity contribution in [3.8, 4) is 0 Å². The van der Waals surface area contributed by atoms with Gasteiger partial charge >= 0.3 is 0 Å². The number of carbonyl (C=O) groups is 1. The minimum absolute atomic E-state index is 0.256. The Morgan fingerprint density at radius 2 is 1.05 bits per heavy atom. The zero-order valence-corrected chi connectivity index (χ0v) is 39.0. The summed E-state index contributed by atoms with van der Waals surface area (Å²) in [4.78, 5) is 13.1. The van der Waals surface area contributed by atoms with Crippen LogP contribution in [0.15, 0.2) is 60.8 Å². The largest absolute Gasteiger partial charge is 0.394 e. The molecule has 0 aromatic rings. The number of rotatable bonds is 36. The van der Waals surface area contributed by atoms with Gasteiger partial charge in [0, 0.05) is 6.42 Å². The van der Waals surface area contributed by atoms with E-state index in [4.69, 9.17) is 18.9 Å². The van der Waals surface area contributed by atoms with Crippen molar-refractivity contribution in [3.05, 3.63) is 60.8 Å². The Balaban J connectivity index is 1.82. The van der Waals surface area contributed by atoms with E-state index in [0.29, 0.717) is 12.8 Å². The second kappa shape index (κ2) is 36.8. The summed E-state index contributed by atoms with van der Waals surface area (Å²) in [7, 11) is 0. The van der Waals surface area contributed by atoms with Crippen LogP contribution in [0.2, 0.25) is 0 Å². The monoisotopic (exact) mass is 910 g/mol. The molecular formula is C50H87NO13. The summed E-state index contributed by atoms with van der Waals surface area (Å²) in [5, 5.41) is 86.4. The molecule has 2 rings (SSSR count). The van der Waals surface area contributed by atoms with Crippen LogP contribution in [0.25, 0.3) is 0 Å². The number of aliphatic hydroxyl groups is 8. The molecule has 0 aromatic carbocycles. The maximum Gasteiger partial charge on any atom is 0.220 e. The van der Waals surface area contributed by atoms with Gasteiger partial charge in [-0.25, -0.2) is 0 Å². The van der Waals surface area contributed by atoms with Gasteiger partial charge in [-0.3, -0.25) is 4.79 Å². The molecule has 0 aromatic heterocycles. The molecular weight excluding hydrogens is 823 g/mol. The van der Waals surface area contributed by atoms with Crippen LogP contribution in [0.3, 0.4) is 0 Å². The molecule has 0 spiro atoms. The molecule has 0 aliphatic carbocycles. The van der Waals surface area contributed by atoms with E-state index in [9.17, 15) is 45.6 Å². The number of ether oxygens (including phenoxy) is 4. The first kappa shape index (κ1) is 57.8. The van der Waals surface area contributed by atoms with Crippen LogP contribution in [0.4, 0.5) is 0 Å². The third-order valence-electron chi connectivity index (χ3n) is 11.7. The summed E-state index contributed by atoms with van der Waals surface area (Å²) < 4.78 is 22.6. The molecule has 9 N–H and O–H groups in total. The Bertz CT molecular complexity index is 1310. The summed E-state index contributed by atoms with van der Waals surface area (Å²) in [5.41, 5.74) is 0. The fourth-order valence-corrected chi connectivity index (χ4v) is 7.60. The number of carbonyl (C=O) groups excluding carboxylic acids is 1. The number of amides is 1. The summed E-state index contributed by atoms with van der Waals surface area (Å²) in [6, 6.07) is -0.938. The topological polar surface area (TPSA) is 228 Å². The lowest BCUT2D eigenvalue weighted by Gasteiger charge is -2.46. The molecule has 2 aliphatic heterocycles. The molecule has 14 heteroatoms. The molecule has 2 heterocycles. The van der Waals surface area contributed by atoms with Crippen LogP contribution < -0.4 is 5.32 Å². The van der Waals surface area contributed by atoms with Crippen molar-refractivity contribution < 1.29 is 64.6 Å². The van der Waals surface area contributed by atoms with E-state index in [1.807, 2.05) is 6.08 Å². The molecule has 1 amide bonds. The fraction of sp³-hybridized carbons (Fsp3) is 0.780. The lowest BCUT2D eigenvalue weighted by molar-refractivity contribution is -0.359. The first-order valence-corrected chi connectivity index (χ1v) is 24.5. The summed E-state index contributed by atoms with van der Waals surface area (Å²) in [6.07, 6.45) is 27.1. The highest BCUT2D eigenvalue weighted by Crippen LogP contribution is 2.30. The molecule has 0 bridgehead atoms. The van der Waals surface area contributed by atoms with E-state index in [1.165, 1.54) is 51.4 Å². The molecule has 64 heavy (non-hydrogen) atoms. The van der Waals surface area contributed by atoms with Crippen LogP contribution in [0.1, 0.15) is 155 Å². The SMILES string of the molecule is CCCCC/C=C/CC/C=C/C(O)C(COC1OC(CO)C(OC2OC(CO)C(O)C(O)C2O)C(O)C1O)NC(=O)CCCCCCCC/C=C\C/C=C\C/C=C\CCCCCCC. The normalized spacial score (nSPS) is 27.8. The maximum atomic E-state index is 13.1. The molecule has 0 radical (unpaired) electrons. The van der Waals surface area contributed by atoms with Gasteiger partial charge in [0.1, 0.15) is 48.8 Å². The first-order chi connectivity index (χ1) is 31.1. The minimum Gasteiger partial charge on any atom is -0.394 e. The van der Waals surface area contributed by atoms with Gasteiger partial charge in [0.25, 0.3) is 0 Å². The van der Waals surface area contributed by atoms with Crippen molar-refractivity contribution in [1.29, 1.82) is 0 Å². The summed E-state index contributed by atoms with van der Waals surface area (Å²) >= 11 is 0. The fourth-order valence-electron chi connectivity index (χ4n) is 7.60. The van der Waals surface area contributed by atoms with Crippen molar-refractivity contribution in [1.82, 2.24) is 5.32 Å². The van der Waals surface area contributed by atoms with E-state index in [1.54, 1.807) is 6.08 Å². The second-order valence-electron chi connectivity index (χ2n) is 17.2. The molecule has 2 saturated heterocycles. The number of hydrogen-bond acceptors (Lipinski definition) is 13. The highest BCUT2D eigenvalue weighted by atomic mass is 16.7. The minimum atomic E-state index is -1.79. The highest BCUT2D eigenvalue weighted by Gasteiger charge is 2.51. The molecule has 2 fully saturated rings. The summed E-state index contributed by atoms with van der Waals surface area (Å²) in [5.74, 6) is -0.268. The summed E-state index contributed by atoms with van der Waals surface area (Å²) in [6.45, 7) is 2.66. The van der Waals surface area contributed by atoms with Gasteiger partial charge < -0.3 is 65.1 Å². The first-order valence-electron chi connectivity index (χ1n) is 24.5. The van der Waals surface area contributed by atoms with Gasteiger partial charge in [-0.15, -0.1) is 0 Å². The van der Waals surface area contributed by atoms with Gasteiger partial charge in [-0.2, -0.15) is 0 Å². The molecule has 2 aliphatic rings. The third kappa shape index (κ3) is 23.9. The second-order valence-corrected chi connectivity index (χ2v) is 17.2. The smallest absolute Gasteiger partial charge is 0.220 e. The van der Waals surface area contributed by atoms with Crippen LogP contribution in [-0.2, 0) is 23.7 Å². The van der Waals surface area contributed by atoms with Crippen molar-refractivity contribution >= 4 is 5.91 Å². The lowest BCUT2D eigenvalue weighted by atomic mass is 9.97. The van der Waals surface area contributed by atoms with Crippen molar-refractivity contribution in [2.75, 3.05) is 19.8 Å². The molecule has 12 atom stereocenters. The Morgan fingerprint density at radius 1 is 0.562 bits per heavy atom. The Labute approximate surface area is 384 Å². The Morgan fingerprint density at radius 3 is 1.67 bits per heavy atom. The predicted molar refractivity (Wildman–Crippen MR) is 249 cm³/mol. The Hall–Kier alpha value is -2.31. The van der Waals surface area contributed by atoms with Crippen LogP contribution in [0, 0.1) is 0 Å². The van der Waals surface area contributed by atoms with Crippen molar-refractivity contribution in [2.24, 2.45) is 0 Å². The van der Waals surface area contributed by atoms with Crippen LogP contribution >= 0.6 is 0 Å². The molecule has 370 valence electrons. The number of aliphatic hydroxyl groups excluding tert-OH is 8. The van der Waals surface area contributed by atoms with E-state index in [0.717, 1.165) is 70.6 Å². The van der Waals surface area contributed by atoms with Crippen molar-refractivity contribution in [3.63, 3.8) is 0 Å². The number of nitrogens with one attached hydrogen (secondary N) is 1. The maximum absolute atomic E-state index is 13.1. The molecule has 0 saturated carbocycles. The molecule has 14 nitrogen and oxygen atoms in total. The highest BCUT2D eigenvalue weighted by molar-refractivity contribution is 5.76. The number of allylic oxidation sites excluding steroid dienone is 9. The van der Waals surface area contributed by atoms with E-state index in [2.05, 4.69) is 67.8 Å². The average Bonchev–Trinajstić information content (AvgIpc) is 3.29. The Kier molecular flexibility index (Phi) is 33.2. The van der Waals surface area contributed by atoms with Gasteiger partial charge in [0.15, 0.2) is 12.6 Å². The average molecular weight is 910 g/mol. The van der Waals surface area contributed by atoms with Gasteiger partial charge in [0.05, 0.1) is 32.0 Å². The van der Waals surface area contributed by atoms with Gasteiger partial charge in [-0.05, 0) is 70.6 Å². The van der Waals surface area contributed by atoms with Gasteiger partial charge in [-0.1, -0.05) is 139 Å². The quantitative estimate of drug-likeness (QED) is 0.0265. The van der Waals surface area contributed by atoms with Gasteiger partial charge in [0.2, 0.25) is 5.91 Å². The standard InChI is InChI=1S/C50H87NO13/c1-3-5-7-9-11-13-14-15-16-17-18-19-20-21-22-23-24-26-28-30-32-34-42(55)51-38(39(54)33-31-29-27-25-12-10-8-6-4-2)37-61-49-47(60)45(58)48(41(36-53)63-49)64-50-46(59)44(57)43(56)40(35-52)62-50/h12,14-15,17-18,20-21,25,31,33,38-41,43-50,52-54,56-60H,3-11,13,16,19,22-24,26-30,32,34-37H2,1-2H3,(H,51,55)/b15-14-,18-17-,21-20-,25-12+,33-31+. The van der Waals surface area contributed by atoms with E-state index in [-0.39, 0.29) is 18.9 Å². The van der Waals surface area contributed by atoms with Crippen molar-refractivity contribution in [2.45, 2.75) is 229 Å². The zero-order chi connectivity index (χ0) is 46.8. The number of hydrogen-bond donors (Lipinski definition) is 9. The third-order valence-corrected chi connectivity index (χ3v) is 11.7. The van der Waals surface area contributed by atoms with Crippen LogP contribution in [-0.4, -0.2) is 140 Å². The zero-order valence-electron chi connectivity index (χ0n) is 39.0.